The van der Waals surface area contributed by atoms with Gasteiger partial charge >= 0.3 is 6.03 Å². The normalized spacial score (nSPS) is 31.3. The summed E-state index contributed by atoms with van der Waals surface area (Å²) in [5.41, 5.74) is 13.2. The lowest BCUT2D eigenvalue weighted by Crippen LogP contribution is -2.78. The predicted octanol–water partition coefficient (Wildman–Crippen LogP) is -2.77. The second-order valence-electron chi connectivity index (χ2n) is 10.6. The van der Waals surface area contributed by atoms with E-state index in [-0.39, 0.29) is 31.6 Å². The van der Waals surface area contributed by atoms with Crippen molar-refractivity contribution in [1.29, 1.82) is 0 Å². The number of carbonyl (C=O) groups excluding carboxylic acids is 3. The summed E-state index contributed by atoms with van der Waals surface area (Å²) in [7, 11) is 1.51. The van der Waals surface area contributed by atoms with Gasteiger partial charge in [-0.3, -0.25) is 14.5 Å². The molecule has 5 aliphatic rings. The van der Waals surface area contributed by atoms with Gasteiger partial charge in [-0.05, 0) is 42.9 Å². The number of nitrogens with zero attached hydrogens (tertiary/aromatic N) is 5. The molecule has 4 atom stereocenters. The highest BCUT2D eigenvalue weighted by Gasteiger charge is 2.73. The summed E-state index contributed by atoms with van der Waals surface area (Å²) >= 11 is 0. The van der Waals surface area contributed by atoms with Crippen molar-refractivity contribution < 1.29 is 24.6 Å². The van der Waals surface area contributed by atoms with Gasteiger partial charge in [0.15, 0.2) is 17.6 Å². The zero-order valence-corrected chi connectivity index (χ0v) is 20.9. The molecule has 0 aromatic heterocycles. The number of likely N-dealkylation sites (N-methyl/N-ethyl adjacent to an activating group) is 1. The van der Waals surface area contributed by atoms with Crippen molar-refractivity contribution in [3.05, 3.63) is 34.9 Å². The van der Waals surface area contributed by atoms with E-state index < -0.39 is 47.4 Å². The maximum absolute atomic E-state index is 13.4. The van der Waals surface area contributed by atoms with E-state index in [1.54, 1.807) is 6.07 Å². The van der Waals surface area contributed by atoms with E-state index in [1.807, 2.05) is 12.1 Å². The van der Waals surface area contributed by atoms with Crippen LogP contribution in [0.25, 0.3) is 0 Å². The number of carbonyl (C=O) groups is 3. The number of aliphatic hydroxyl groups is 2. The van der Waals surface area contributed by atoms with Crippen LogP contribution in [0.3, 0.4) is 0 Å². The number of aryl methyl sites for hydroxylation is 1. The van der Waals surface area contributed by atoms with E-state index in [0.29, 0.717) is 5.56 Å². The first-order valence-electron chi connectivity index (χ1n) is 12.7. The number of rotatable bonds is 4. The minimum absolute atomic E-state index is 0.0580. The molecule has 8 N–H and O–H groups in total. The Hall–Kier alpha value is -3.91. The van der Waals surface area contributed by atoms with Gasteiger partial charge in [-0.2, -0.15) is 0 Å². The first-order valence-corrected chi connectivity index (χ1v) is 12.7. The second kappa shape index (κ2) is 8.30. The molecule has 6 rings (SSSR count). The SMILES string of the molecule is CN1CC(=O)N(C[C@@H]2N=C(N)N3C[C@H](NC(=O)c4cccc5c4CCCC5)C(O)(O)[C@@]34NC(N)=N[C@@H]24)C1=O. The van der Waals surface area contributed by atoms with Crippen molar-refractivity contribution in [1.82, 2.24) is 25.3 Å². The Bertz CT molecular complexity index is 1300. The van der Waals surface area contributed by atoms with Crippen LogP contribution in [0.2, 0.25) is 0 Å². The topological polar surface area (TPSA) is 202 Å². The number of urea groups is 1. The molecule has 2 saturated heterocycles. The van der Waals surface area contributed by atoms with Gasteiger partial charge in [0, 0.05) is 19.2 Å². The van der Waals surface area contributed by atoms with Crippen molar-refractivity contribution in [2.45, 2.75) is 55.3 Å². The van der Waals surface area contributed by atoms with Crippen LogP contribution < -0.4 is 22.1 Å². The highest BCUT2D eigenvalue weighted by Crippen LogP contribution is 2.45. The summed E-state index contributed by atoms with van der Waals surface area (Å²) in [5, 5.41) is 29.0. The van der Waals surface area contributed by atoms with Crippen molar-refractivity contribution in [2.75, 3.05) is 26.7 Å². The third-order valence-corrected chi connectivity index (χ3v) is 8.35. The zero-order valence-electron chi connectivity index (χ0n) is 20.9. The molecule has 4 aliphatic heterocycles. The maximum atomic E-state index is 13.4. The number of aliphatic imine (C=N–C) groups is 2. The van der Waals surface area contributed by atoms with Crippen LogP contribution in [0.1, 0.15) is 34.3 Å². The van der Waals surface area contributed by atoms with Crippen molar-refractivity contribution in [2.24, 2.45) is 21.5 Å². The lowest BCUT2D eigenvalue weighted by molar-refractivity contribution is -0.230. The number of fused-ring (bicyclic) bond motifs is 1. The summed E-state index contributed by atoms with van der Waals surface area (Å²) < 4.78 is 0. The van der Waals surface area contributed by atoms with Crippen LogP contribution in [0.5, 0.6) is 0 Å². The average molecular weight is 526 g/mol. The molecule has 14 nitrogen and oxygen atoms in total. The van der Waals surface area contributed by atoms with E-state index in [0.717, 1.165) is 41.7 Å². The number of nitrogens with one attached hydrogen (secondary N) is 2. The number of hydrogen-bond acceptors (Lipinski definition) is 11. The number of guanidine groups is 2. The van der Waals surface area contributed by atoms with Gasteiger partial charge in [0.05, 0.1) is 12.6 Å². The molecule has 1 aromatic carbocycles. The van der Waals surface area contributed by atoms with Crippen LogP contribution in [0.15, 0.2) is 28.2 Å². The van der Waals surface area contributed by atoms with Crippen molar-refractivity contribution >= 4 is 29.8 Å². The molecule has 0 bridgehead atoms. The van der Waals surface area contributed by atoms with Crippen LogP contribution in [-0.2, 0) is 17.6 Å². The Kier molecular flexibility index (Phi) is 5.33. The number of imide groups is 1. The Morgan fingerprint density at radius 3 is 2.71 bits per heavy atom. The van der Waals surface area contributed by atoms with E-state index in [4.69, 9.17) is 11.5 Å². The van der Waals surface area contributed by atoms with E-state index in [9.17, 15) is 24.6 Å². The van der Waals surface area contributed by atoms with Gasteiger partial charge in [-0.15, -0.1) is 0 Å². The molecule has 1 aliphatic carbocycles. The van der Waals surface area contributed by atoms with Gasteiger partial charge in [-0.1, -0.05) is 12.1 Å². The summed E-state index contributed by atoms with van der Waals surface area (Å²) in [6, 6.07) is 1.96. The first kappa shape index (κ1) is 24.4. The molecule has 2 fully saturated rings. The minimum atomic E-state index is -2.61. The summed E-state index contributed by atoms with van der Waals surface area (Å²) in [6.45, 7) is -0.339. The van der Waals surface area contributed by atoms with Gasteiger partial charge in [0.1, 0.15) is 18.6 Å². The quantitative estimate of drug-likeness (QED) is 0.178. The molecule has 0 radical (unpaired) electrons. The molecule has 0 saturated carbocycles. The highest BCUT2D eigenvalue weighted by molar-refractivity contribution is 6.02. The van der Waals surface area contributed by atoms with E-state index in [1.165, 1.54) is 16.8 Å². The third-order valence-electron chi connectivity index (χ3n) is 8.35. The second-order valence-corrected chi connectivity index (χ2v) is 10.6. The van der Waals surface area contributed by atoms with Crippen LogP contribution in [-0.4, -0.2) is 111 Å². The Morgan fingerprint density at radius 1 is 1.21 bits per heavy atom. The fourth-order valence-electron chi connectivity index (χ4n) is 6.50. The zero-order chi connectivity index (χ0) is 27.0. The number of nitrogens with two attached hydrogens (primary N) is 2. The minimum Gasteiger partial charge on any atom is -0.370 e. The molecule has 202 valence electrons. The van der Waals surface area contributed by atoms with Gasteiger partial charge < -0.3 is 42.1 Å². The van der Waals surface area contributed by atoms with E-state index >= 15 is 0 Å². The third kappa shape index (κ3) is 3.29. The lowest BCUT2D eigenvalue weighted by Gasteiger charge is -2.49. The molecule has 38 heavy (non-hydrogen) atoms. The number of benzene rings is 1. The standard InChI is InChI=1S/C24H31N9O5/c1-31-11-17(34)32(22(31)36)9-15-18-23(30-20(25)29-18)24(37,38)16(10-33(23)21(26)27-15)28-19(35)14-8-4-6-12-5-2-3-7-13(12)14/h4,6,8,15-16,18,37-38H,2-3,5,7,9-11H2,1H3,(H2,26,27)(H,28,35)(H3,25,29,30)/t15-,16-,18-,23-/m0/s1. The molecule has 1 spiro atoms. The van der Waals surface area contributed by atoms with Gasteiger partial charge in [-0.25, -0.2) is 14.8 Å². The molecule has 1 aromatic rings. The van der Waals surface area contributed by atoms with E-state index in [2.05, 4.69) is 20.6 Å². The summed E-state index contributed by atoms with van der Waals surface area (Å²) in [5.74, 6) is -3.58. The van der Waals surface area contributed by atoms with Gasteiger partial charge in [0.2, 0.25) is 11.7 Å². The molecule has 14 heteroatoms. The fourth-order valence-corrected chi connectivity index (χ4v) is 6.50. The molecule has 4 heterocycles. The molecule has 0 unspecified atom stereocenters. The molecular weight excluding hydrogens is 494 g/mol. The molecular formula is C24H31N9O5. The Balaban J connectivity index is 1.31. The average Bonchev–Trinajstić information content (AvgIpc) is 3.44. The van der Waals surface area contributed by atoms with Crippen LogP contribution in [0.4, 0.5) is 4.79 Å². The number of hydrogen-bond donors (Lipinski definition) is 6. The van der Waals surface area contributed by atoms with Crippen molar-refractivity contribution in [3.63, 3.8) is 0 Å². The van der Waals surface area contributed by atoms with Crippen LogP contribution in [0, 0.1) is 0 Å². The highest BCUT2D eigenvalue weighted by atomic mass is 16.5. The lowest BCUT2D eigenvalue weighted by atomic mass is 9.84. The van der Waals surface area contributed by atoms with Crippen molar-refractivity contribution in [3.8, 4) is 0 Å². The smallest absolute Gasteiger partial charge is 0.327 e. The summed E-state index contributed by atoms with van der Waals surface area (Å²) in [6.07, 6.45) is 3.72. The van der Waals surface area contributed by atoms with Crippen LogP contribution >= 0.6 is 0 Å². The maximum Gasteiger partial charge on any atom is 0.327 e. The summed E-state index contributed by atoms with van der Waals surface area (Å²) in [4.78, 5) is 51.0. The largest absolute Gasteiger partial charge is 0.370 e. The first-order chi connectivity index (χ1) is 18.0. The Labute approximate surface area is 218 Å². The van der Waals surface area contributed by atoms with Gasteiger partial charge in [0.25, 0.3) is 5.91 Å². The predicted molar refractivity (Wildman–Crippen MR) is 135 cm³/mol. The Morgan fingerprint density at radius 2 is 1.97 bits per heavy atom. The molecule has 4 amide bonds. The monoisotopic (exact) mass is 525 g/mol. The number of amides is 4. The fraction of sp³-hybridized carbons (Fsp3) is 0.542.